The number of hydrogen-bond acceptors (Lipinski definition) is 5. The maximum absolute atomic E-state index is 12.3. The van der Waals surface area contributed by atoms with Gasteiger partial charge in [-0.15, -0.1) is 0 Å². The molecule has 0 saturated heterocycles. The van der Waals surface area contributed by atoms with Gasteiger partial charge in [-0.3, -0.25) is 9.59 Å². The Kier molecular flexibility index (Phi) is 6.26. The van der Waals surface area contributed by atoms with Gasteiger partial charge in [-0.2, -0.15) is 0 Å². The molecule has 0 aromatic heterocycles. The summed E-state index contributed by atoms with van der Waals surface area (Å²) < 4.78 is 9.65. The lowest BCUT2D eigenvalue weighted by molar-refractivity contribution is -0.117. The van der Waals surface area contributed by atoms with Crippen LogP contribution in [0.2, 0.25) is 0 Å². The molecule has 3 rings (SSSR count). The molecule has 0 heterocycles. The zero-order valence-electron chi connectivity index (χ0n) is 15.6. The Morgan fingerprint density at radius 3 is 2.50 bits per heavy atom. The van der Waals surface area contributed by atoms with Crippen molar-refractivity contribution in [3.05, 3.63) is 59.7 Å². The zero-order valence-corrected chi connectivity index (χ0v) is 15.6. The number of amides is 2. The van der Waals surface area contributed by atoms with E-state index in [0.717, 1.165) is 24.1 Å². The molecule has 2 aromatic carbocycles. The first kappa shape index (κ1) is 19.4. The van der Waals surface area contributed by atoms with Gasteiger partial charge in [0, 0.05) is 23.7 Å². The first-order valence-electron chi connectivity index (χ1n) is 9.18. The number of nitrogens with one attached hydrogen (secondary N) is 2. The quantitative estimate of drug-likeness (QED) is 0.565. The minimum Gasteiger partial charge on any atom is -0.434 e. The fourth-order valence-corrected chi connectivity index (χ4v) is 2.55. The maximum atomic E-state index is 12.3. The van der Waals surface area contributed by atoms with Crippen molar-refractivity contribution >= 4 is 23.7 Å². The summed E-state index contributed by atoms with van der Waals surface area (Å²) in [5, 5.41) is 5.72. The molecule has 0 aliphatic heterocycles. The highest BCUT2D eigenvalue weighted by Crippen LogP contribution is 2.30. The molecular weight excluding hydrogens is 360 g/mol. The second-order valence-corrected chi connectivity index (χ2v) is 6.46. The molecule has 1 aliphatic rings. The number of rotatable bonds is 7. The van der Waals surface area contributed by atoms with Crippen LogP contribution in [0, 0.1) is 5.92 Å². The Bertz CT molecular complexity index is 859. The van der Waals surface area contributed by atoms with Crippen molar-refractivity contribution in [2.24, 2.45) is 5.92 Å². The van der Waals surface area contributed by atoms with E-state index in [0.29, 0.717) is 17.9 Å². The van der Waals surface area contributed by atoms with Crippen molar-refractivity contribution in [1.29, 1.82) is 0 Å². The van der Waals surface area contributed by atoms with Gasteiger partial charge in [0.25, 0.3) is 5.91 Å². The number of carbonyl (C=O) groups is 3. The van der Waals surface area contributed by atoms with Gasteiger partial charge in [0.1, 0.15) is 5.75 Å². The molecule has 2 N–H and O–H groups in total. The predicted octanol–water partition coefficient (Wildman–Crippen LogP) is 3.50. The van der Waals surface area contributed by atoms with Crippen LogP contribution < -0.4 is 15.4 Å². The summed E-state index contributed by atoms with van der Waals surface area (Å²) in [6.07, 6.45) is 1.12. The molecule has 7 nitrogen and oxygen atoms in total. The average molecular weight is 382 g/mol. The van der Waals surface area contributed by atoms with Crippen LogP contribution in [0.15, 0.2) is 48.5 Å². The van der Waals surface area contributed by atoms with Crippen molar-refractivity contribution in [1.82, 2.24) is 5.32 Å². The summed E-state index contributed by atoms with van der Waals surface area (Å²) >= 11 is 0. The van der Waals surface area contributed by atoms with Gasteiger partial charge in [0.05, 0.1) is 6.61 Å². The molecule has 0 radical (unpaired) electrons. The Morgan fingerprint density at radius 2 is 1.82 bits per heavy atom. The smallest absolute Gasteiger partial charge is 0.434 e. The lowest BCUT2D eigenvalue weighted by atomic mass is 10.1. The van der Waals surface area contributed by atoms with Crippen LogP contribution in [-0.4, -0.2) is 24.6 Å². The van der Waals surface area contributed by atoms with Crippen molar-refractivity contribution in [3.8, 4) is 5.75 Å². The number of carbonyl (C=O) groups excluding carboxylic acids is 3. The Hall–Kier alpha value is -3.35. The second-order valence-electron chi connectivity index (χ2n) is 6.46. The van der Waals surface area contributed by atoms with E-state index in [2.05, 4.69) is 10.6 Å². The second kappa shape index (κ2) is 9.03. The topological polar surface area (TPSA) is 93.7 Å². The van der Waals surface area contributed by atoms with E-state index in [1.807, 2.05) is 24.3 Å². The lowest BCUT2D eigenvalue weighted by Crippen LogP contribution is -2.23. The molecule has 1 aliphatic carbocycles. The van der Waals surface area contributed by atoms with Gasteiger partial charge < -0.3 is 20.1 Å². The third-order valence-electron chi connectivity index (χ3n) is 4.18. The van der Waals surface area contributed by atoms with E-state index in [4.69, 9.17) is 9.47 Å². The molecule has 2 amide bonds. The molecule has 146 valence electrons. The van der Waals surface area contributed by atoms with Crippen LogP contribution in [0.5, 0.6) is 5.75 Å². The summed E-state index contributed by atoms with van der Waals surface area (Å²) in [6, 6.07) is 13.6. The minimum absolute atomic E-state index is 0.0475. The van der Waals surface area contributed by atoms with Gasteiger partial charge in [-0.25, -0.2) is 4.79 Å². The van der Waals surface area contributed by atoms with Crippen LogP contribution in [0.3, 0.4) is 0 Å². The normalized spacial score (nSPS) is 12.8. The summed E-state index contributed by atoms with van der Waals surface area (Å²) in [5.41, 5.74) is 2.04. The Balaban J connectivity index is 1.52. The highest BCUT2D eigenvalue weighted by Gasteiger charge is 2.29. The van der Waals surface area contributed by atoms with Crippen LogP contribution in [0.4, 0.5) is 10.5 Å². The molecule has 7 heteroatoms. The Labute approximate surface area is 163 Å². The van der Waals surface area contributed by atoms with E-state index in [-0.39, 0.29) is 24.3 Å². The molecule has 0 atom stereocenters. The maximum Gasteiger partial charge on any atom is 0.513 e. The molecule has 2 aromatic rings. The summed E-state index contributed by atoms with van der Waals surface area (Å²) in [6.45, 7) is 2.24. The summed E-state index contributed by atoms with van der Waals surface area (Å²) in [7, 11) is 0. The molecule has 0 unspecified atom stereocenters. The number of ether oxygens (including phenoxy) is 2. The van der Waals surface area contributed by atoms with E-state index in [9.17, 15) is 14.4 Å². The number of anilines is 1. The average Bonchev–Trinajstić information content (AvgIpc) is 3.52. The van der Waals surface area contributed by atoms with Gasteiger partial charge >= 0.3 is 6.16 Å². The van der Waals surface area contributed by atoms with E-state index >= 15 is 0 Å². The van der Waals surface area contributed by atoms with Crippen molar-refractivity contribution in [2.75, 3.05) is 11.9 Å². The van der Waals surface area contributed by atoms with Gasteiger partial charge in [-0.1, -0.05) is 12.1 Å². The molecule has 28 heavy (non-hydrogen) atoms. The Morgan fingerprint density at radius 1 is 1.07 bits per heavy atom. The van der Waals surface area contributed by atoms with Gasteiger partial charge in [0.15, 0.2) is 0 Å². The molecule has 1 fully saturated rings. The van der Waals surface area contributed by atoms with E-state index < -0.39 is 6.16 Å². The van der Waals surface area contributed by atoms with Crippen molar-refractivity contribution < 1.29 is 23.9 Å². The zero-order chi connectivity index (χ0) is 19.9. The van der Waals surface area contributed by atoms with Crippen LogP contribution in [-0.2, 0) is 16.1 Å². The minimum atomic E-state index is -0.784. The standard InChI is InChI=1S/C21H22N2O5/c1-2-27-21(26)28-18-10-8-15(9-11-18)19(24)22-13-14-4-3-5-17(12-14)23-20(25)16-6-7-16/h3-5,8-12,16H,2,6-7,13H2,1H3,(H,22,24)(H,23,25). The fraction of sp³-hybridized carbons (Fsp3) is 0.286. The van der Waals surface area contributed by atoms with Crippen LogP contribution >= 0.6 is 0 Å². The van der Waals surface area contributed by atoms with Crippen LogP contribution in [0.1, 0.15) is 35.7 Å². The van der Waals surface area contributed by atoms with Crippen LogP contribution in [0.25, 0.3) is 0 Å². The number of hydrogen-bond donors (Lipinski definition) is 2. The van der Waals surface area contributed by atoms with E-state index in [1.165, 1.54) is 12.1 Å². The largest absolute Gasteiger partial charge is 0.513 e. The van der Waals surface area contributed by atoms with Gasteiger partial charge in [-0.05, 0) is 61.7 Å². The predicted molar refractivity (Wildman–Crippen MR) is 103 cm³/mol. The highest BCUT2D eigenvalue weighted by molar-refractivity contribution is 5.95. The third-order valence-corrected chi connectivity index (χ3v) is 4.18. The highest BCUT2D eigenvalue weighted by atomic mass is 16.7. The molecule has 0 spiro atoms. The van der Waals surface area contributed by atoms with Crippen molar-refractivity contribution in [2.45, 2.75) is 26.3 Å². The first-order valence-corrected chi connectivity index (χ1v) is 9.18. The molecule has 0 bridgehead atoms. The summed E-state index contributed by atoms with van der Waals surface area (Å²) in [5.74, 6) is 0.231. The van der Waals surface area contributed by atoms with Gasteiger partial charge in [0.2, 0.25) is 5.91 Å². The lowest BCUT2D eigenvalue weighted by Gasteiger charge is -2.09. The molecule has 1 saturated carbocycles. The first-order chi connectivity index (χ1) is 13.5. The summed E-state index contributed by atoms with van der Waals surface area (Å²) in [4.78, 5) is 35.4. The number of benzene rings is 2. The third kappa shape index (κ3) is 5.57. The van der Waals surface area contributed by atoms with E-state index in [1.54, 1.807) is 19.1 Å². The fourth-order valence-electron chi connectivity index (χ4n) is 2.55. The molecular formula is C21H22N2O5. The monoisotopic (exact) mass is 382 g/mol. The SMILES string of the molecule is CCOC(=O)Oc1ccc(C(=O)NCc2cccc(NC(=O)C3CC3)c2)cc1. The van der Waals surface area contributed by atoms with Crippen molar-refractivity contribution in [3.63, 3.8) is 0 Å².